The third-order valence-corrected chi connectivity index (χ3v) is 4.37. The number of benzene rings is 1. The molecule has 1 aromatic carbocycles. The number of nitrogens with zero attached hydrogens (tertiary/aromatic N) is 2. The molecule has 1 aromatic heterocycles. The third-order valence-electron chi connectivity index (χ3n) is 3.46. The van der Waals surface area contributed by atoms with E-state index in [0.717, 1.165) is 16.7 Å². The lowest BCUT2D eigenvalue weighted by Gasteiger charge is -2.13. The number of hydrogen-bond donors (Lipinski definition) is 2. The van der Waals surface area contributed by atoms with Crippen LogP contribution < -0.4 is 15.4 Å². The topological polar surface area (TPSA) is 58.5 Å². The molecule has 12 heteroatoms. The van der Waals surface area contributed by atoms with Crippen LogP contribution in [0.4, 0.5) is 26.3 Å². The number of halogens is 6. The molecule has 0 spiro atoms. The molecule has 1 heterocycles. The summed E-state index contributed by atoms with van der Waals surface area (Å²) in [6, 6.07) is 6.17. The molecule has 0 aliphatic rings. The summed E-state index contributed by atoms with van der Waals surface area (Å²) in [4.78, 5) is 7.53. The summed E-state index contributed by atoms with van der Waals surface area (Å²) in [5, 5.41) is 7.22. The molecule has 2 rings (SSSR count). The maximum Gasteiger partial charge on any atom is 0.434 e. The van der Waals surface area contributed by atoms with Gasteiger partial charge in [-0.25, -0.2) is 4.98 Å². The molecule has 0 fully saturated rings. The minimum atomic E-state index is -4.46. The maximum absolute atomic E-state index is 12.5. The van der Waals surface area contributed by atoms with Crippen molar-refractivity contribution in [1.82, 2.24) is 15.6 Å². The van der Waals surface area contributed by atoms with Crippen LogP contribution in [-0.2, 0) is 19.1 Å². The predicted octanol–water partition coefficient (Wildman–Crippen LogP) is 4.01. The van der Waals surface area contributed by atoms with E-state index < -0.39 is 24.7 Å². The standard InChI is InChI=1S/C17H18F6N4OS/c1-24-15(25-6-5-14-27-13(9-29-14)17(21,22)23)26-8-11-3-2-4-12(7-11)28-10-16(18,19)20/h2-4,7,9H,5-6,8,10H2,1H3,(H2,24,25,26). The number of ether oxygens (including phenoxy) is 1. The van der Waals surface area contributed by atoms with Crippen LogP contribution in [0.15, 0.2) is 34.6 Å². The predicted molar refractivity (Wildman–Crippen MR) is 97.0 cm³/mol. The first-order chi connectivity index (χ1) is 13.6. The van der Waals surface area contributed by atoms with Crippen LogP contribution in [0, 0.1) is 0 Å². The second-order valence-corrected chi connectivity index (χ2v) is 6.72. The first-order valence-electron chi connectivity index (χ1n) is 8.31. The summed E-state index contributed by atoms with van der Waals surface area (Å²) < 4.78 is 79.0. The molecule has 0 atom stereocenters. The molecule has 0 radical (unpaired) electrons. The Morgan fingerprint density at radius 3 is 2.55 bits per heavy atom. The molecule has 0 saturated carbocycles. The van der Waals surface area contributed by atoms with Crippen LogP contribution >= 0.6 is 11.3 Å². The molecule has 160 valence electrons. The highest BCUT2D eigenvalue weighted by Crippen LogP contribution is 2.30. The zero-order valence-electron chi connectivity index (χ0n) is 15.2. The van der Waals surface area contributed by atoms with Gasteiger partial charge in [-0.1, -0.05) is 12.1 Å². The smallest absolute Gasteiger partial charge is 0.434 e. The summed E-state index contributed by atoms with van der Waals surface area (Å²) >= 11 is 0.928. The molecule has 0 bridgehead atoms. The van der Waals surface area contributed by atoms with Gasteiger partial charge in [-0.05, 0) is 17.7 Å². The van der Waals surface area contributed by atoms with Crippen molar-refractivity contribution < 1.29 is 31.1 Å². The Bertz CT molecular complexity index is 819. The van der Waals surface area contributed by atoms with Gasteiger partial charge in [-0.3, -0.25) is 4.99 Å². The van der Waals surface area contributed by atoms with E-state index in [0.29, 0.717) is 23.1 Å². The van der Waals surface area contributed by atoms with Crippen molar-refractivity contribution in [1.29, 1.82) is 0 Å². The molecular weight excluding hydrogens is 422 g/mol. The summed E-state index contributed by atoms with van der Waals surface area (Å²) in [5.74, 6) is 0.480. The Morgan fingerprint density at radius 2 is 1.93 bits per heavy atom. The summed E-state index contributed by atoms with van der Waals surface area (Å²) in [6.45, 7) is -0.808. The Hall–Kier alpha value is -2.50. The van der Waals surface area contributed by atoms with Gasteiger partial charge in [0.15, 0.2) is 18.3 Å². The summed E-state index contributed by atoms with van der Waals surface area (Å²) in [5.41, 5.74) is -0.241. The number of aliphatic imine (C=N–C) groups is 1. The number of aromatic nitrogens is 1. The van der Waals surface area contributed by atoms with Gasteiger partial charge in [0, 0.05) is 31.9 Å². The second-order valence-electron chi connectivity index (χ2n) is 5.78. The molecule has 2 N–H and O–H groups in total. The Balaban J connectivity index is 1.80. The molecule has 0 aliphatic heterocycles. The number of nitrogens with one attached hydrogen (secondary N) is 2. The van der Waals surface area contributed by atoms with E-state index >= 15 is 0 Å². The molecular formula is C17H18F6N4OS. The van der Waals surface area contributed by atoms with Crippen LogP contribution in [0.1, 0.15) is 16.3 Å². The summed E-state index contributed by atoms with van der Waals surface area (Å²) in [6.07, 6.45) is -8.60. The van der Waals surface area contributed by atoms with Gasteiger partial charge >= 0.3 is 12.4 Å². The zero-order valence-corrected chi connectivity index (χ0v) is 16.0. The largest absolute Gasteiger partial charge is 0.484 e. The zero-order chi connectivity index (χ0) is 21.5. The van der Waals surface area contributed by atoms with Gasteiger partial charge in [0.1, 0.15) is 5.75 Å². The average Bonchev–Trinajstić information content (AvgIpc) is 3.12. The molecule has 0 amide bonds. The SMILES string of the molecule is CN=C(NCCc1nc(C(F)(F)F)cs1)NCc1cccc(OCC(F)(F)F)c1. The fraction of sp³-hybridized carbons (Fsp3) is 0.412. The Kier molecular flexibility index (Phi) is 7.71. The quantitative estimate of drug-likeness (QED) is 0.388. The molecule has 29 heavy (non-hydrogen) atoms. The van der Waals surface area contributed by atoms with Crippen molar-refractivity contribution in [2.24, 2.45) is 4.99 Å². The van der Waals surface area contributed by atoms with Crippen molar-refractivity contribution in [2.75, 3.05) is 20.2 Å². The van der Waals surface area contributed by atoms with E-state index in [1.807, 2.05) is 0 Å². The van der Waals surface area contributed by atoms with Crippen LogP contribution in [-0.4, -0.2) is 37.3 Å². The lowest BCUT2D eigenvalue weighted by molar-refractivity contribution is -0.153. The van der Waals surface area contributed by atoms with Crippen LogP contribution in [0.25, 0.3) is 0 Å². The highest BCUT2D eigenvalue weighted by atomic mass is 32.1. The minimum Gasteiger partial charge on any atom is -0.484 e. The van der Waals surface area contributed by atoms with Crippen LogP contribution in [0.2, 0.25) is 0 Å². The van der Waals surface area contributed by atoms with E-state index in [4.69, 9.17) is 4.74 Å². The highest BCUT2D eigenvalue weighted by Gasteiger charge is 2.33. The number of hydrogen-bond acceptors (Lipinski definition) is 4. The first kappa shape index (κ1) is 22.8. The normalized spacial score (nSPS) is 12.7. The molecule has 0 saturated heterocycles. The summed E-state index contributed by atoms with van der Waals surface area (Å²) in [7, 11) is 1.52. The van der Waals surface area contributed by atoms with E-state index in [2.05, 4.69) is 20.6 Å². The van der Waals surface area contributed by atoms with E-state index in [1.54, 1.807) is 12.1 Å². The second kappa shape index (κ2) is 9.81. The number of rotatable bonds is 7. The fourth-order valence-corrected chi connectivity index (χ4v) is 2.97. The van der Waals surface area contributed by atoms with Gasteiger partial charge in [0.05, 0.1) is 5.01 Å². The maximum atomic E-state index is 12.5. The fourth-order valence-electron chi connectivity index (χ4n) is 2.16. The van der Waals surface area contributed by atoms with Crippen molar-refractivity contribution in [3.8, 4) is 5.75 Å². The van der Waals surface area contributed by atoms with Crippen molar-refractivity contribution in [3.63, 3.8) is 0 Å². The van der Waals surface area contributed by atoms with Gasteiger partial charge < -0.3 is 15.4 Å². The first-order valence-corrected chi connectivity index (χ1v) is 9.19. The van der Waals surface area contributed by atoms with E-state index in [9.17, 15) is 26.3 Å². The minimum absolute atomic E-state index is 0.0915. The van der Waals surface area contributed by atoms with E-state index in [1.165, 1.54) is 19.2 Å². The van der Waals surface area contributed by atoms with Crippen molar-refractivity contribution >= 4 is 17.3 Å². The van der Waals surface area contributed by atoms with Crippen molar-refractivity contribution in [2.45, 2.75) is 25.3 Å². The third kappa shape index (κ3) is 8.18. The van der Waals surface area contributed by atoms with Gasteiger partial charge in [0.2, 0.25) is 0 Å². The monoisotopic (exact) mass is 440 g/mol. The lowest BCUT2D eigenvalue weighted by Crippen LogP contribution is -2.37. The van der Waals surface area contributed by atoms with Crippen LogP contribution in [0.5, 0.6) is 5.75 Å². The number of guanidine groups is 1. The molecule has 5 nitrogen and oxygen atoms in total. The van der Waals surface area contributed by atoms with Gasteiger partial charge in [-0.15, -0.1) is 11.3 Å². The van der Waals surface area contributed by atoms with Gasteiger partial charge in [-0.2, -0.15) is 26.3 Å². The molecule has 0 aliphatic carbocycles. The van der Waals surface area contributed by atoms with E-state index in [-0.39, 0.29) is 18.7 Å². The molecule has 0 unspecified atom stereocenters. The van der Waals surface area contributed by atoms with Gasteiger partial charge in [0.25, 0.3) is 0 Å². The lowest BCUT2D eigenvalue weighted by atomic mass is 10.2. The molecule has 2 aromatic rings. The average molecular weight is 440 g/mol. The number of thiazole rings is 1. The Labute approximate surface area is 166 Å². The number of alkyl halides is 6. The Morgan fingerprint density at radius 1 is 1.17 bits per heavy atom. The highest BCUT2D eigenvalue weighted by molar-refractivity contribution is 7.09. The van der Waals surface area contributed by atoms with Crippen molar-refractivity contribution in [3.05, 3.63) is 45.9 Å². The van der Waals surface area contributed by atoms with Crippen LogP contribution in [0.3, 0.4) is 0 Å².